The summed E-state index contributed by atoms with van der Waals surface area (Å²) in [5.41, 5.74) is -3.28. The van der Waals surface area contributed by atoms with E-state index >= 15 is 0 Å². The van der Waals surface area contributed by atoms with E-state index in [0.29, 0.717) is 41.8 Å². The van der Waals surface area contributed by atoms with Crippen LogP contribution < -0.4 is 10.1 Å². The average molecular weight is 649 g/mol. The van der Waals surface area contributed by atoms with Crippen LogP contribution in [0.25, 0.3) is 22.3 Å². The van der Waals surface area contributed by atoms with Crippen molar-refractivity contribution >= 4 is 22.8 Å². The van der Waals surface area contributed by atoms with Gasteiger partial charge in [-0.3, -0.25) is 4.79 Å². The summed E-state index contributed by atoms with van der Waals surface area (Å²) in [4.78, 5) is 34.5. The molecule has 2 N–H and O–H groups in total. The molecule has 2 bridgehead atoms. The van der Waals surface area contributed by atoms with E-state index < -0.39 is 52.6 Å². The Labute approximate surface area is 262 Å². The van der Waals surface area contributed by atoms with Gasteiger partial charge in [-0.25, -0.2) is 23.5 Å². The van der Waals surface area contributed by atoms with E-state index in [1.807, 2.05) is 6.92 Å². The van der Waals surface area contributed by atoms with Crippen LogP contribution in [0.15, 0.2) is 30.6 Å². The van der Waals surface area contributed by atoms with Gasteiger partial charge in [-0.15, -0.1) is 0 Å². The third-order valence-corrected chi connectivity index (χ3v) is 10.5. The van der Waals surface area contributed by atoms with Crippen LogP contribution in [-0.2, 0) is 11.0 Å². The number of fused-ring (bicyclic) bond motifs is 3. The first-order valence-corrected chi connectivity index (χ1v) is 15.7. The van der Waals surface area contributed by atoms with Gasteiger partial charge >= 0.3 is 12.1 Å². The Morgan fingerprint density at radius 2 is 1.80 bits per heavy atom. The second-order valence-electron chi connectivity index (χ2n) is 13.5. The molecule has 0 aliphatic heterocycles. The van der Waals surface area contributed by atoms with Crippen molar-refractivity contribution in [2.45, 2.75) is 88.9 Å². The first-order chi connectivity index (χ1) is 21.6. The summed E-state index contributed by atoms with van der Waals surface area (Å²) in [7, 11) is 1.44. The van der Waals surface area contributed by atoms with Crippen LogP contribution >= 0.6 is 0 Å². The Hall–Kier alpha value is -3.77. The fraction of sp³-hybridized carbons (Fsp3) is 0.576. The maximum Gasteiger partial charge on any atom is 0.434 e. The van der Waals surface area contributed by atoms with Gasteiger partial charge in [0.05, 0.1) is 12.7 Å². The predicted molar refractivity (Wildman–Crippen MR) is 159 cm³/mol. The summed E-state index contributed by atoms with van der Waals surface area (Å²) in [6.07, 6.45) is -0.353. The first kappa shape index (κ1) is 32.2. The van der Waals surface area contributed by atoms with E-state index in [1.54, 1.807) is 35.9 Å². The van der Waals surface area contributed by atoms with Crippen molar-refractivity contribution in [3.8, 4) is 17.1 Å². The smallest absolute Gasteiger partial charge is 0.434 e. The number of carbonyl (C=O) groups is 2. The second kappa shape index (κ2) is 11.5. The molecule has 3 saturated carbocycles. The molecule has 248 valence electrons. The molecule has 3 aliphatic rings. The van der Waals surface area contributed by atoms with Crippen LogP contribution in [0, 0.1) is 23.7 Å². The lowest BCUT2D eigenvalue weighted by molar-refractivity contribution is -0.155. The molecule has 0 spiro atoms. The zero-order chi connectivity index (χ0) is 33.2. The number of carboxylic acid groups (broad SMARTS) is 1. The Balaban J connectivity index is 1.41. The molecule has 1 aromatic carbocycles. The quantitative estimate of drug-likeness (QED) is 0.268. The zero-order valence-corrected chi connectivity index (χ0v) is 25.8. The Morgan fingerprint density at radius 1 is 1.09 bits per heavy atom. The van der Waals surface area contributed by atoms with Crippen molar-refractivity contribution in [2.24, 2.45) is 23.7 Å². The highest BCUT2D eigenvalue weighted by molar-refractivity contribution is 6.00. The van der Waals surface area contributed by atoms with Gasteiger partial charge in [0.15, 0.2) is 11.5 Å². The van der Waals surface area contributed by atoms with Crippen molar-refractivity contribution < 1.29 is 41.4 Å². The molecule has 8 nitrogen and oxygen atoms in total. The van der Waals surface area contributed by atoms with Gasteiger partial charge in [-0.1, -0.05) is 13.8 Å². The van der Waals surface area contributed by atoms with Crippen molar-refractivity contribution in [1.82, 2.24) is 19.9 Å². The number of amides is 1. The van der Waals surface area contributed by atoms with Crippen LogP contribution in [0.4, 0.5) is 22.0 Å². The van der Waals surface area contributed by atoms with Crippen LogP contribution in [0.2, 0.25) is 0 Å². The minimum absolute atomic E-state index is 0.181. The summed E-state index contributed by atoms with van der Waals surface area (Å²) in [6, 6.07) is 4.69. The Kier molecular flexibility index (Phi) is 8.03. The topological polar surface area (TPSA) is 106 Å². The number of rotatable bonds is 6. The molecule has 46 heavy (non-hydrogen) atoms. The summed E-state index contributed by atoms with van der Waals surface area (Å²) < 4.78 is 78.7. The van der Waals surface area contributed by atoms with Gasteiger partial charge in [-0.05, 0) is 80.4 Å². The number of aromatic nitrogens is 3. The van der Waals surface area contributed by atoms with Gasteiger partial charge in [0, 0.05) is 47.7 Å². The summed E-state index contributed by atoms with van der Waals surface area (Å²) >= 11 is 0. The molecule has 3 aliphatic carbocycles. The third kappa shape index (κ3) is 5.59. The molecule has 2 aromatic heterocycles. The normalized spacial score (nSPS) is 28.2. The highest BCUT2D eigenvalue weighted by Gasteiger charge is 2.57. The van der Waals surface area contributed by atoms with E-state index in [0.717, 1.165) is 12.6 Å². The number of alkyl halides is 5. The molecule has 5 unspecified atom stereocenters. The minimum Gasteiger partial charge on any atom is -0.497 e. The SMILES string of the molecule is COc1ccc2c(c1)c(-c1ncc(C(=O)NC3(C(=O)O)C(C)CC4CC(C)CC3C4)c(C(F)(F)F)n1)cn2C1CCC(F)(F)CC1. The number of methoxy groups -OCH3 is 1. The van der Waals surface area contributed by atoms with Gasteiger partial charge in [0.25, 0.3) is 5.91 Å². The molecular formula is C33H37F5N4O4. The monoisotopic (exact) mass is 648 g/mol. The number of benzene rings is 1. The van der Waals surface area contributed by atoms with Gasteiger partial charge in [-0.2, -0.15) is 13.2 Å². The maximum absolute atomic E-state index is 14.6. The highest BCUT2D eigenvalue weighted by Crippen LogP contribution is 2.50. The molecule has 6 rings (SSSR count). The van der Waals surface area contributed by atoms with Crippen molar-refractivity contribution in [3.05, 3.63) is 41.9 Å². The molecule has 3 aromatic rings. The van der Waals surface area contributed by atoms with Crippen molar-refractivity contribution in [3.63, 3.8) is 0 Å². The third-order valence-electron chi connectivity index (χ3n) is 10.5. The Morgan fingerprint density at radius 3 is 2.46 bits per heavy atom. The average Bonchev–Trinajstić information content (AvgIpc) is 3.36. The fourth-order valence-corrected chi connectivity index (χ4v) is 8.36. The largest absolute Gasteiger partial charge is 0.497 e. The number of hydrogen-bond donors (Lipinski definition) is 2. The maximum atomic E-state index is 14.6. The minimum atomic E-state index is -5.08. The molecule has 0 radical (unpaired) electrons. The number of carboxylic acids is 1. The number of nitrogens with one attached hydrogen (secondary N) is 1. The van der Waals surface area contributed by atoms with E-state index in [9.17, 15) is 36.6 Å². The van der Waals surface area contributed by atoms with Crippen LogP contribution in [-0.4, -0.2) is 50.1 Å². The zero-order valence-electron chi connectivity index (χ0n) is 25.8. The summed E-state index contributed by atoms with van der Waals surface area (Å²) in [5, 5.41) is 13.4. The molecule has 1 amide bonds. The first-order valence-electron chi connectivity index (χ1n) is 15.7. The van der Waals surface area contributed by atoms with Gasteiger partial charge < -0.3 is 19.7 Å². The number of hydrogen-bond acceptors (Lipinski definition) is 5. The molecule has 2 heterocycles. The van der Waals surface area contributed by atoms with E-state index in [1.165, 1.54) is 7.11 Å². The lowest BCUT2D eigenvalue weighted by Gasteiger charge is -2.52. The number of ether oxygens (including phenoxy) is 1. The van der Waals surface area contributed by atoms with E-state index in [-0.39, 0.29) is 49.0 Å². The molecular weight excluding hydrogens is 611 g/mol. The fourth-order valence-electron chi connectivity index (χ4n) is 8.36. The number of carbonyl (C=O) groups excluding carboxylic acids is 1. The Bertz CT molecular complexity index is 1660. The van der Waals surface area contributed by atoms with Crippen LogP contribution in [0.5, 0.6) is 5.75 Å². The number of nitrogens with zero attached hydrogens (tertiary/aromatic N) is 3. The van der Waals surface area contributed by atoms with E-state index in [2.05, 4.69) is 15.3 Å². The molecule has 0 saturated heterocycles. The lowest BCUT2D eigenvalue weighted by atomic mass is 9.56. The van der Waals surface area contributed by atoms with E-state index in [4.69, 9.17) is 4.74 Å². The molecule has 3 fully saturated rings. The number of aliphatic carboxylic acids is 1. The van der Waals surface area contributed by atoms with Gasteiger partial charge in [0.1, 0.15) is 11.3 Å². The standard InChI is InChI=1S/C33H37F5N4O4/c1-17-10-19-12-18(2)32(30(44)45,20(11-17)13-19)41-29(43)24-15-39-28(40-27(24)33(36,37)38)25-16-42(21-6-8-31(34,35)9-7-21)26-5-4-22(46-3)14-23(25)26/h4-5,14-21H,6-13H2,1-3H3,(H,41,43)(H,44,45). The van der Waals surface area contributed by atoms with Crippen molar-refractivity contribution in [2.75, 3.05) is 7.11 Å². The van der Waals surface area contributed by atoms with Crippen LogP contribution in [0.1, 0.15) is 87.3 Å². The number of halogens is 5. The van der Waals surface area contributed by atoms with Crippen LogP contribution in [0.3, 0.4) is 0 Å². The molecule has 5 atom stereocenters. The van der Waals surface area contributed by atoms with Gasteiger partial charge in [0.2, 0.25) is 5.92 Å². The second-order valence-corrected chi connectivity index (χ2v) is 13.5. The summed E-state index contributed by atoms with van der Waals surface area (Å²) in [5.74, 6) is -5.52. The summed E-state index contributed by atoms with van der Waals surface area (Å²) in [6.45, 7) is 3.75. The lowest BCUT2D eigenvalue weighted by Crippen LogP contribution is -2.66. The predicted octanol–water partition coefficient (Wildman–Crippen LogP) is 7.52. The highest BCUT2D eigenvalue weighted by atomic mass is 19.4. The van der Waals surface area contributed by atoms with Crippen molar-refractivity contribution in [1.29, 1.82) is 0 Å². The molecule has 13 heteroatoms.